The average molecular weight is 377 g/mol. The molecule has 6 nitrogen and oxygen atoms in total. The number of benzene rings is 2. The molecule has 0 spiro atoms. The van der Waals surface area contributed by atoms with Crippen LogP contribution in [0.15, 0.2) is 60.7 Å². The van der Waals surface area contributed by atoms with Crippen LogP contribution in [0.3, 0.4) is 0 Å². The summed E-state index contributed by atoms with van der Waals surface area (Å²) in [5, 5.41) is 5.75. The first-order chi connectivity index (χ1) is 13.5. The molecule has 2 aliphatic rings. The Hall–Kier alpha value is -3.15. The summed E-state index contributed by atoms with van der Waals surface area (Å²) in [5.74, 6) is -0.341. The quantitative estimate of drug-likeness (QED) is 0.760. The Kier molecular flexibility index (Phi) is 4.63. The molecule has 2 fully saturated rings. The van der Waals surface area contributed by atoms with Gasteiger partial charge in [-0.3, -0.25) is 14.5 Å². The third-order valence-corrected chi connectivity index (χ3v) is 5.50. The van der Waals surface area contributed by atoms with E-state index < -0.39 is 17.5 Å². The van der Waals surface area contributed by atoms with Crippen LogP contribution in [0.2, 0.25) is 0 Å². The summed E-state index contributed by atoms with van der Waals surface area (Å²) >= 11 is 0. The van der Waals surface area contributed by atoms with Crippen LogP contribution in [-0.4, -0.2) is 29.3 Å². The van der Waals surface area contributed by atoms with E-state index >= 15 is 0 Å². The zero-order valence-corrected chi connectivity index (χ0v) is 15.7. The minimum Gasteiger partial charge on any atom is -0.347 e. The van der Waals surface area contributed by atoms with Crippen molar-refractivity contribution in [2.24, 2.45) is 5.92 Å². The molecular weight excluding hydrogens is 354 g/mol. The zero-order chi connectivity index (χ0) is 19.7. The summed E-state index contributed by atoms with van der Waals surface area (Å²) in [6.45, 7) is 1.38. The molecule has 28 heavy (non-hydrogen) atoms. The lowest BCUT2D eigenvalue weighted by atomic mass is 9.92. The molecule has 2 aromatic carbocycles. The third-order valence-electron chi connectivity index (χ3n) is 5.50. The molecule has 1 saturated heterocycles. The van der Waals surface area contributed by atoms with Gasteiger partial charge in [-0.05, 0) is 36.8 Å². The SMILES string of the molecule is CC1(c2ccccc2)NC(=O)N(CC(=O)NC(c2ccccc2)C2CC2)C1=O. The smallest absolute Gasteiger partial charge is 0.325 e. The van der Waals surface area contributed by atoms with E-state index in [-0.39, 0.29) is 18.5 Å². The fourth-order valence-electron chi connectivity index (χ4n) is 3.73. The molecule has 144 valence electrons. The van der Waals surface area contributed by atoms with Crippen molar-refractivity contribution >= 4 is 17.8 Å². The van der Waals surface area contributed by atoms with Crippen molar-refractivity contribution in [3.63, 3.8) is 0 Å². The van der Waals surface area contributed by atoms with Crippen molar-refractivity contribution in [1.82, 2.24) is 15.5 Å². The normalized spacial score (nSPS) is 22.7. The van der Waals surface area contributed by atoms with Crippen molar-refractivity contribution in [2.45, 2.75) is 31.3 Å². The Morgan fingerprint density at radius 1 is 1.11 bits per heavy atom. The Bertz CT molecular complexity index is 896. The maximum Gasteiger partial charge on any atom is 0.325 e. The monoisotopic (exact) mass is 377 g/mol. The number of hydrogen-bond acceptors (Lipinski definition) is 3. The van der Waals surface area contributed by atoms with E-state index in [1.165, 1.54) is 0 Å². The largest absolute Gasteiger partial charge is 0.347 e. The highest BCUT2D eigenvalue weighted by molar-refractivity contribution is 6.09. The highest BCUT2D eigenvalue weighted by Gasteiger charge is 2.49. The highest BCUT2D eigenvalue weighted by Crippen LogP contribution is 2.41. The van der Waals surface area contributed by atoms with Gasteiger partial charge in [0, 0.05) is 0 Å². The number of rotatable bonds is 6. The second-order valence-corrected chi connectivity index (χ2v) is 7.61. The van der Waals surface area contributed by atoms with Gasteiger partial charge < -0.3 is 10.6 Å². The molecule has 4 rings (SSSR count). The average Bonchev–Trinajstić information content (AvgIpc) is 3.53. The molecule has 1 aliphatic carbocycles. The molecular formula is C22H23N3O3. The van der Waals surface area contributed by atoms with Gasteiger partial charge in [-0.15, -0.1) is 0 Å². The molecule has 1 aliphatic heterocycles. The number of urea groups is 1. The predicted molar refractivity (Wildman–Crippen MR) is 104 cm³/mol. The minimum absolute atomic E-state index is 0.0880. The van der Waals surface area contributed by atoms with Gasteiger partial charge in [-0.25, -0.2) is 4.79 Å². The highest BCUT2D eigenvalue weighted by atomic mass is 16.2. The van der Waals surface area contributed by atoms with Crippen LogP contribution >= 0.6 is 0 Å². The molecule has 1 heterocycles. The molecule has 4 amide bonds. The fourth-order valence-corrected chi connectivity index (χ4v) is 3.73. The second-order valence-electron chi connectivity index (χ2n) is 7.61. The van der Waals surface area contributed by atoms with Crippen molar-refractivity contribution in [2.75, 3.05) is 6.54 Å². The lowest BCUT2D eigenvalue weighted by molar-refractivity contribution is -0.135. The molecule has 1 saturated carbocycles. The van der Waals surface area contributed by atoms with Crippen LogP contribution in [-0.2, 0) is 15.1 Å². The van der Waals surface area contributed by atoms with E-state index in [0.717, 1.165) is 23.3 Å². The third kappa shape index (κ3) is 3.38. The van der Waals surface area contributed by atoms with Crippen molar-refractivity contribution < 1.29 is 14.4 Å². The Labute approximate surface area is 163 Å². The molecule has 2 unspecified atom stereocenters. The predicted octanol–water partition coefficient (Wildman–Crippen LogP) is 2.72. The van der Waals surface area contributed by atoms with Gasteiger partial charge in [-0.1, -0.05) is 60.7 Å². The van der Waals surface area contributed by atoms with Crippen molar-refractivity contribution in [1.29, 1.82) is 0 Å². The number of amides is 4. The summed E-state index contributed by atoms with van der Waals surface area (Å²) in [7, 11) is 0. The maximum absolute atomic E-state index is 12.9. The van der Waals surface area contributed by atoms with Crippen molar-refractivity contribution in [3.05, 3.63) is 71.8 Å². The first kappa shape index (κ1) is 18.2. The van der Waals surface area contributed by atoms with Crippen LogP contribution in [0, 0.1) is 5.92 Å². The van der Waals surface area contributed by atoms with Crippen molar-refractivity contribution in [3.8, 4) is 0 Å². The molecule has 0 bridgehead atoms. The zero-order valence-electron chi connectivity index (χ0n) is 15.7. The number of imide groups is 1. The van der Waals surface area contributed by atoms with E-state index in [4.69, 9.17) is 0 Å². The van der Waals surface area contributed by atoms with Gasteiger partial charge in [0.25, 0.3) is 5.91 Å². The van der Waals surface area contributed by atoms with Gasteiger partial charge >= 0.3 is 6.03 Å². The van der Waals surface area contributed by atoms with E-state index in [0.29, 0.717) is 11.5 Å². The summed E-state index contributed by atoms with van der Waals surface area (Å²) in [4.78, 5) is 39.0. The molecule has 2 atom stereocenters. The molecule has 2 aromatic rings. The Balaban J connectivity index is 1.47. The number of hydrogen-bond donors (Lipinski definition) is 2. The number of nitrogens with zero attached hydrogens (tertiary/aromatic N) is 1. The molecule has 6 heteroatoms. The van der Waals surface area contributed by atoms with Gasteiger partial charge in [0.1, 0.15) is 12.1 Å². The second kappa shape index (κ2) is 7.11. The maximum atomic E-state index is 12.9. The minimum atomic E-state index is -1.16. The number of carbonyl (C=O) groups is 3. The van der Waals surface area contributed by atoms with E-state index in [9.17, 15) is 14.4 Å². The first-order valence-electron chi connectivity index (χ1n) is 9.53. The molecule has 0 radical (unpaired) electrons. The summed E-state index contributed by atoms with van der Waals surface area (Å²) < 4.78 is 0. The summed E-state index contributed by atoms with van der Waals surface area (Å²) in [6, 6.07) is 18.2. The van der Waals surface area contributed by atoms with Crippen LogP contribution in [0.5, 0.6) is 0 Å². The topological polar surface area (TPSA) is 78.5 Å². The number of nitrogens with one attached hydrogen (secondary N) is 2. The van der Waals surface area contributed by atoms with E-state index in [1.807, 2.05) is 48.5 Å². The van der Waals surface area contributed by atoms with Gasteiger partial charge in [-0.2, -0.15) is 0 Å². The fraction of sp³-hybridized carbons (Fsp3) is 0.318. The summed E-state index contributed by atoms with van der Waals surface area (Å²) in [6.07, 6.45) is 2.13. The number of carbonyl (C=O) groups excluding carboxylic acids is 3. The Morgan fingerprint density at radius 3 is 2.32 bits per heavy atom. The van der Waals surface area contributed by atoms with Crippen LogP contribution in [0.25, 0.3) is 0 Å². The van der Waals surface area contributed by atoms with Gasteiger partial charge in [0.2, 0.25) is 5.91 Å². The molecule has 0 aromatic heterocycles. The standard InChI is InChI=1S/C22H23N3O3/c1-22(17-10-6-3-7-11-17)20(27)25(21(28)24-22)14-18(26)23-19(16-12-13-16)15-8-4-2-5-9-15/h2-11,16,19H,12-14H2,1H3,(H,23,26)(H,24,28). The van der Waals surface area contributed by atoms with Gasteiger partial charge in [0.15, 0.2) is 0 Å². The van der Waals surface area contributed by atoms with Crippen LogP contribution in [0.1, 0.15) is 36.9 Å². The summed E-state index contributed by atoms with van der Waals surface area (Å²) in [5.41, 5.74) is 0.578. The Morgan fingerprint density at radius 2 is 1.71 bits per heavy atom. The lowest BCUT2D eigenvalue weighted by Crippen LogP contribution is -2.44. The first-order valence-corrected chi connectivity index (χ1v) is 9.53. The van der Waals surface area contributed by atoms with E-state index in [2.05, 4.69) is 10.6 Å². The van der Waals surface area contributed by atoms with Crippen LogP contribution < -0.4 is 10.6 Å². The van der Waals surface area contributed by atoms with Gasteiger partial charge in [0.05, 0.1) is 6.04 Å². The van der Waals surface area contributed by atoms with E-state index in [1.54, 1.807) is 19.1 Å². The molecule has 2 N–H and O–H groups in total. The van der Waals surface area contributed by atoms with Crippen LogP contribution in [0.4, 0.5) is 4.79 Å². The lowest BCUT2D eigenvalue weighted by Gasteiger charge is -2.23.